The van der Waals surface area contributed by atoms with Crippen LogP contribution in [0.3, 0.4) is 0 Å². The predicted octanol–water partition coefficient (Wildman–Crippen LogP) is 1.18. The van der Waals surface area contributed by atoms with Crippen LogP contribution in [-0.2, 0) is 14.8 Å². The van der Waals surface area contributed by atoms with E-state index in [0.29, 0.717) is 13.0 Å². The van der Waals surface area contributed by atoms with Gasteiger partial charge in [0.2, 0.25) is 15.9 Å². The minimum atomic E-state index is -3.19. The fourth-order valence-electron chi connectivity index (χ4n) is 4.46. The van der Waals surface area contributed by atoms with Gasteiger partial charge in [-0.05, 0) is 59.2 Å². The van der Waals surface area contributed by atoms with Crippen LogP contribution in [0.4, 0.5) is 0 Å². The van der Waals surface area contributed by atoms with E-state index in [1.54, 1.807) is 4.31 Å². The molecule has 0 radical (unpaired) electrons. The van der Waals surface area contributed by atoms with Crippen molar-refractivity contribution in [1.82, 2.24) is 14.5 Å². The van der Waals surface area contributed by atoms with E-state index in [2.05, 4.69) is 10.2 Å². The lowest BCUT2D eigenvalue weighted by Crippen LogP contribution is -2.63. The number of nitrogens with zero attached hydrogens (tertiary/aromatic N) is 2. The molecule has 1 saturated heterocycles. The van der Waals surface area contributed by atoms with Gasteiger partial charge < -0.3 is 10.2 Å². The van der Waals surface area contributed by atoms with Crippen molar-refractivity contribution in [2.24, 2.45) is 5.41 Å². The third-order valence-electron chi connectivity index (χ3n) is 5.85. The number of sulfonamides is 1. The van der Waals surface area contributed by atoms with Crippen molar-refractivity contribution < 1.29 is 13.2 Å². The highest BCUT2D eigenvalue weighted by Gasteiger charge is 2.58. The van der Waals surface area contributed by atoms with Crippen molar-refractivity contribution in [3.05, 3.63) is 0 Å². The van der Waals surface area contributed by atoms with Gasteiger partial charge >= 0.3 is 0 Å². The topological polar surface area (TPSA) is 69.7 Å². The van der Waals surface area contributed by atoms with Crippen LogP contribution in [0.1, 0.15) is 51.4 Å². The van der Waals surface area contributed by atoms with Crippen molar-refractivity contribution in [3.63, 3.8) is 0 Å². The number of hydrogen-bond acceptors (Lipinski definition) is 4. The Hall–Kier alpha value is -0.660. The standard InChI is InChI=1S/C17H31N3O3S/c1-19(2)12-5-11-18-16(21)17-9-4-3-6-15(17)20(14-7-8-14)24(22,23)13-10-17/h14-15H,3-13H2,1-2H3,(H,18,21)/t15-,17-/m1/s1. The minimum absolute atomic E-state index is 0.0894. The summed E-state index contributed by atoms with van der Waals surface area (Å²) in [5, 5.41) is 3.12. The first kappa shape index (κ1) is 18.1. The summed E-state index contributed by atoms with van der Waals surface area (Å²) in [7, 11) is 0.858. The van der Waals surface area contributed by atoms with Crippen LogP contribution in [0, 0.1) is 5.41 Å². The summed E-state index contributed by atoms with van der Waals surface area (Å²) in [6, 6.07) is 0.0330. The maximum atomic E-state index is 13.1. The molecule has 7 heteroatoms. The number of nitrogens with one attached hydrogen (secondary N) is 1. The molecule has 0 spiro atoms. The molecule has 0 aromatic carbocycles. The molecule has 2 aliphatic carbocycles. The zero-order valence-corrected chi connectivity index (χ0v) is 15.8. The van der Waals surface area contributed by atoms with Gasteiger partial charge in [-0.3, -0.25) is 4.79 Å². The largest absolute Gasteiger partial charge is 0.356 e. The predicted molar refractivity (Wildman–Crippen MR) is 94.1 cm³/mol. The van der Waals surface area contributed by atoms with E-state index in [1.165, 1.54) is 0 Å². The van der Waals surface area contributed by atoms with Crippen LogP contribution in [0.15, 0.2) is 0 Å². The van der Waals surface area contributed by atoms with E-state index < -0.39 is 15.4 Å². The molecular weight excluding hydrogens is 326 g/mol. The molecule has 1 amide bonds. The highest BCUT2D eigenvalue weighted by atomic mass is 32.2. The lowest BCUT2D eigenvalue weighted by molar-refractivity contribution is -0.137. The van der Waals surface area contributed by atoms with Gasteiger partial charge in [0.1, 0.15) is 0 Å². The smallest absolute Gasteiger partial charge is 0.227 e. The fraction of sp³-hybridized carbons (Fsp3) is 0.941. The van der Waals surface area contributed by atoms with Crippen molar-refractivity contribution in [1.29, 1.82) is 0 Å². The van der Waals surface area contributed by atoms with E-state index in [-0.39, 0.29) is 23.7 Å². The van der Waals surface area contributed by atoms with E-state index in [9.17, 15) is 13.2 Å². The highest BCUT2D eigenvalue weighted by molar-refractivity contribution is 7.89. The van der Waals surface area contributed by atoms with Gasteiger partial charge in [-0.1, -0.05) is 12.8 Å². The van der Waals surface area contributed by atoms with Crippen LogP contribution in [0.5, 0.6) is 0 Å². The summed E-state index contributed by atoms with van der Waals surface area (Å²) in [6.45, 7) is 1.61. The first-order chi connectivity index (χ1) is 11.4. The lowest BCUT2D eigenvalue weighted by atomic mass is 9.67. The number of hydrogen-bond donors (Lipinski definition) is 1. The highest BCUT2D eigenvalue weighted by Crippen LogP contribution is 2.50. The Morgan fingerprint density at radius 3 is 2.62 bits per heavy atom. The van der Waals surface area contributed by atoms with Crippen LogP contribution in [0.2, 0.25) is 0 Å². The summed E-state index contributed by atoms with van der Waals surface area (Å²) in [6.07, 6.45) is 7.04. The third kappa shape index (κ3) is 3.48. The summed E-state index contributed by atoms with van der Waals surface area (Å²) < 4.78 is 27.0. The first-order valence-electron chi connectivity index (χ1n) is 9.31. The molecule has 1 N–H and O–H groups in total. The fourth-order valence-corrected chi connectivity index (χ4v) is 6.65. The third-order valence-corrected chi connectivity index (χ3v) is 7.76. The maximum Gasteiger partial charge on any atom is 0.227 e. The quantitative estimate of drug-likeness (QED) is 0.725. The lowest BCUT2D eigenvalue weighted by Gasteiger charge is -2.51. The molecule has 0 bridgehead atoms. The molecule has 1 aliphatic heterocycles. The molecule has 0 aromatic heterocycles. The Labute approximate surface area is 146 Å². The van der Waals surface area contributed by atoms with E-state index in [0.717, 1.165) is 51.5 Å². The van der Waals surface area contributed by atoms with E-state index >= 15 is 0 Å². The molecule has 2 atom stereocenters. The molecule has 3 fully saturated rings. The molecule has 3 aliphatic rings. The number of amides is 1. The average Bonchev–Trinajstić information content (AvgIpc) is 3.35. The van der Waals surface area contributed by atoms with Gasteiger partial charge in [-0.25, -0.2) is 8.42 Å². The van der Waals surface area contributed by atoms with E-state index in [1.807, 2.05) is 14.1 Å². The second-order valence-electron chi connectivity index (χ2n) is 7.96. The molecule has 138 valence electrons. The van der Waals surface area contributed by atoms with Crippen molar-refractivity contribution >= 4 is 15.9 Å². The number of rotatable bonds is 6. The Bertz CT molecular complexity index is 574. The Morgan fingerprint density at radius 1 is 1.21 bits per heavy atom. The van der Waals surface area contributed by atoms with Crippen molar-refractivity contribution in [2.75, 3.05) is 32.9 Å². The summed E-state index contributed by atoms with van der Waals surface area (Å²) in [5.41, 5.74) is -0.496. The van der Waals surface area contributed by atoms with Crippen molar-refractivity contribution in [3.8, 4) is 0 Å². The van der Waals surface area contributed by atoms with Gasteiger partial charge in [0.25, 0.3) is 0 Å². The normalized spacial score (nSPS) is 33.2. The molecule has 1 heterocycles. The number of fused-ring (bicyclic) bond motifs is 1. The molecular formula is C17H31N3O3S. The second kappa shape index (κ2) is 6.92. The number of carbonyl (C=O) groups is 1. The molecule has 0 aromatic rings. The molecule has 2 saturated carbocycles. The van der Waals surface area contributed by atoms with Crippen LogP contribution >= 0.6 is 0 Å². The van der Waals surface area contributed by atoms with Gasteiger partial charge in [0, 0.05) is 18.6 Å². The van der Waals surface area contributed by atoms with Gasteiger partial charge in [-0.2, -0.15) is 4.31 Å². The SMILES string of the molecule is CN(C)CCCNC(=O)[C@@]12CCCC[C@H]1N(C1CC1)S(=O)(=O)CC2. The monoisotopic (exact) mass is 357 g/mol. The number of carbonyl (C=O) groups excluding carboxylic acids is 1. The molecule has 3 rings (SSSR count). The maximum absolute atomic E-state index is 13.1. The molecule has 0 unspecified atom stereocenters. The van der Waals surface area contributed by atoms with Crippen molar-refractivity contribution in [2.45, 2.75) is 63.5 Å². The Kier molecular flexibility index (Phi) is 5.23. The average molecular weight is 358 g/mol. The zero-order chi connectivity index (χ0) is 17.4. The molecule has 24 heavy (non-hydrogen) atoms. The van der Waals surface area contributed by atoms with Crippen LogP contribution < -0.4 is 5.32 Å². The molecule has 6 nitrogen and oxygen atoms in total. The second-order valence-corrected chi connectivity index (χ2v) is 9.95. The minimum Gasteiger partial charge on any atom is -0.356 e. The summed E-state index contributed by atoms with van der Waals surface area (Å²) in [4.78, 5) is 15.2. The van der Waals surface area contributed by atoms with Gasteiger partial charge in [-0.15, -0.1) is 0 Å². The zero-order valence-electron chi connectivity index (χ0n) is 15.0. The summed E-state index contributed by atoms with van der Waals surface area (Å²) in [5.74, 6) is 0.219. The first-order valence-corrected chi connectivity index (χ1v) is 10.9. The van der Waals surface area contributed by atoms with Crippen LogP contribution in [0.25, 0.3) is 0 Å². The van der Waals surface area contributed by atoms with E-state index in [4.69, 9.17) is 0 Å². The Balaban J connectivity index is 1.74. The van der Waals surface area contributed by atoms with Gasteiger partial charge in [0.15, 0.2) is 0 Å². The summed E-state index contributed by atoms with van der Waals surface area (Å²) >= 11 is 0. The van der Waals surface area contributed by atoms with Gasteiger partial charge in [0.05, 0.1) is 11.2 Å². The Morgan fingerprint density at radius 2 is 1.96 bits per heavy atom. The van der Waals surface area contributed by atoms with Crippen LogP contribution in [-0.4, -0.2) is 68.6 Å².